The fraction of sp³-hybridized carbons (Fsp3) is 0.409. The number of piperidine rings is 1. The lowest BCUT2D eigenvalue weighted by Gasteiger charge is -2.26. The van der Waals surface area contributed by atoms with Crippen molar-refractivity contribution in [1.82, 2.24) is 10.2 Å². The number of rotatable bonds is 8. The van der Waals surface area contributed by atoms with Crippen LogP contribution in [0.4, 0.5) is 5.69 Å². The molecule has 2 aromatic carbocycles. The zero-order valence-corrected chi connectivity index (χ0v) is 19.8. The van der Waals surface area contributed by atoms with Crippen molar-refractivity contribution >= 4 is 44.8 Å². The first-order valence-corrected chi connectivity index (χ1v) is 12.8. The van der Waals surface area contributed by atoms with Gasteiger partial charge in [-0.2, -0.15) is 0 Å². The van der Waals surface area contributed by atoms with E-state index in [1.165, 1.54) is 43.0 Å². The van der Waals surface area contributed by atoms with Crippen molar-refractivity contribution < 1.29 is 13.2 Å². The van der Waals surface area contributed by atoms with Gasteiger partial charge in [-0.25, -0.2) is 8.42 Å². The second kappa shape index (κ2) is 10.7. The fourth-order valence-corrected chi connectivity index (χ4v) is 4.71. The van der Waals surface area contributed by atoms with E-state index in [2.05, 4.69) is 22.3 Å². The molecule has 1 fully saturated rings. The van der Waals surface area contributed by atoms with Crippen LogP contribution in [0, 0.1) is 0 Å². The first kappa shape index (κ1) is 23.9. The summed E-state index contributed by atoms with van der Waals surface area (Å²) in [5.41, 5.74) is 2.49. The van der Waals surface area contributed by atoms with E-state index in [4.69, 9.17) is 23.2 Å². The van der Waals surface area contributed by atoms with Crippen molar-refractivity contribution in [3.05, 3.63) is 63.6 Å². The van der Waals surface area contributed by atoms with Gasteiger partial charge in [-0.1, -0.05) is 53.9 Å². The van der Waals surface area contributed by atoms with Crippen LogP contribution in [0.25, 0.3) is 0 Å². The molecule has 1 aliphatic heterocycles. The van der Waals surface area contributed by atoms with Crippen LogP contribution in [0.3, 0.4) is 0 Å². The molecule has 0 aromatic heterocycles. The minimum Gasteiger partial charge on any atom is -0.350 e. The molecule has 0 bridgehead atoms. The van der Waals surface area contributed by atoms with Gasteiger partial charge in [0.15, 0.2) is 0 Å². The molecule has 168 valence electrons. The normalized spacial score (nSPS) is 14.9. The molecule has 0 spiro atoms. The average molecular weight is 484 g/mol. The molecule has 0 aliphatic carbocycles. The number of benzene rings is 2. The Labute approximate surface area is 194 Å². The molecule has 1 saturated heterocycles. The van der Waals surface area contributed by atoms with E-state index in [0.717, 1.165) is 35.8 Å². The highest BCUT2D eigenvalue weighted by Gasteiger charge is 2.21. The van der Waals surface area contributed by atoms with E-state index in [-0.39, 0.29) is 17.3 Å². The van der Waals surface area contributed by atoms with Crippen LogP contribution in [-0.2, 0) is 27.9 Å². The maximum absolute atomic E-state index is 12.4. The van der Waals surface area contributed by atoms with Crippen LogP contribution in [0.5, 0.6) is 0 Å². The Kier molecular flexibility index (Phi) is 8.22. The minimum atomic E-state index is -3.68. The van der Waals surface area contributed by atoms with E-state index in [9.17, 15) is 13.2 Å². The van der Waals surface area contributed by atoms with E-state index in [1.807, 2.05) is 12.1 Å². The van der Waals surface area contributed by atoms with E-state index in [1.54, 1.807) is 0 Å². The number of amides is 1. The molecule has 1 heterocycles. The van der Waals surface area contributed by atoms with Gasteiger partial charge in [0.25, 0.3) is 0 Å². The highest BCUT2D eigenvalue weighted by molar-refractivity contribution is 7.92. The van der Waals surface area contributed by atoms with Crippen LogP contribution in [0.15, 0.2) is 42.5 Å². The molecule has 6 nitrogen and oxygen atoms in total. The Morgan fingerprint density at radius 1 is 1.00 bits per heavy atom. The Balaban J connectivity index is 1.56. The summed E-state index contributed by atoms with van der Waals surface area (Å²) >= 11 is 11.9. The Morgan fingerprint density at radius 3 is 2.26 bits per heavy atom. The van der Waals surface area contributed by atoms with E-state index in [0.29, 0.717) is 11.6 Å². The third-order valence-corrected chi connectivity index (χ3v) is 7.13. The molecule has 3 rings (SSSR count). The molecule has 2 aromatic rings. The molecule has 1 aliphatic rings. The largest absolute Gasteiger partial charge is 0.350 e. The standard InChI is InChI=1S/C22H27Cl2N3O3S/c1-31(29,30)27(19-9-10-20(23)21(24)13-19)16-22(28)25-14-17-5-7-18(8-6-17)15-26-11-3-2-4-12-26/h5-10,13H,2-4,11-12,14-16H2,1H3,(H,25,28). The predicted molar refractivity (Wildman–Crippen MR) is 126 cm³/mol. The number of anilines is 1. The number of hydrogen-bond acceptors (Lipinski definition) is 4. The quantitative estimate of drug-likeness (QED) is 0.614. The lowest BCUT2D eigenvalue weighted by atomic mass is 10.1. The number of nitrogens with one attached hydrogen (secondary N) is 1. The lowest BCUT2D eigenvalue weighted by Crippen LogP contribution is -2.40. The molecular formula is C22H27Cl2N3O3S. The first-order chi connectivity index (χ1) is 14.7. The number of hydrogen-bond donors (Lipinski definition) is 1. The summed E-state index contributed by atoms with van der Waals surface area (Å²) in [6, 6.07) is 12.6. The average Bonchev–Trinajstić information content (AvgIpc) is 2.73. The zero-order chi connectivity index (χ0) is 22.4. The second-order valence-corrected chi connectivity index (χ2v) is 10.5. The number of carbonyl (C=O) groups is 1. The highest BCUT2D eigenvalue weighted by atomic mass is 35.5. The molecule has 1 N–H and O–H groups in total. The summed E-state index contributed by atoms with van der Waals surface area (Å²) in [4.78, 5) is 14.9. The number of likely N-dealkylation sites (tertiary alicyclic amines) is 1. The van der Waals surface area contributed by atoms with Crippen LogP contribution < -0.4 is 9.62 Å². The van der Waals surface area contributed by atoms with Crippen molar-refractivity contribution in [3.63, 3.8) is 0 Å². The summed E-state index contributed by atoms with van der Waals surface area (Å²) in [5.74, 6) is -0.408. The van der Waals surface area contributed by atoms with Crippen LogP contribution in [-0.4, -0.2) is 45.1 Å². The molecule has 1 amide bonds. The molecule has 0 radical (unpaired) electrons. The first-order valence-electron chi connectivity index (χ1n) is 10.2. The van der Waals surface area contributed by atoms with E-state index >= 15 is 0 Å². The Bertz CT molecular complexity index is 1010. The minimum absolute atomic E-state index is 0.220. The number of carbonyl (C=O) groups excluding carboxylic acids is 1. The molecule has 31 heavy (non-hydrogen) atoms. The Morgan fingerprint density at radius 2 is 1.65 bits per heavy atom. The highest BCUT2D eigenvalue weighted by Crippen LogP contribution is 2.28. The molecule has 9 heteroatoms. The van der Waals surface area contributed by atoms with Gasteiger partial charge >= 0.3 is 0 Å². The summed E-state index contributed by atoms with van der Waals surface area (Å²) in [6.07, 6.45) is 4.88. The van der Waals surface area contributed by atoms with Gasteiger partial charge in [0.1, 0.15) is 6.54 Å². The van der Waals surface area contributed by atoms with Crippen LogP contribution in [0.2, 0.25) is 10.0 Å². The monoisotopic (exact) mass is 483 g/mol. The van der Waals surface area contributed by atoms with Gasteiger partial charge in [0, 0.05) is 13.1 Å². The van der Waals surface area contributed by atoms with Gasteiger partial charge in [-0.05, 0) is 55.3 Å². The third kappa shape index (κ3) is 7.10. The van der Waals surface area contributed by atoms with Gasteiger partial charge in [0.2, 0.25) is 15.9 Å². The number of nitrogens with zero attached hydrogens (tertiary/aromatic N) is 2. The molecule has 0 atom stereocenters. The summed E-state index contributed by atoms with van der Waals surface area (Å²) in [7, 11) is -3.68. The summed E-state index contributed by atoms with van der Waals surface area (Å²) < 4.78 is 25.4. The van der Waals surface area contributed by atoms with Crippen LogP contribution in [0.1, 0.15) is 30.4 Å². The lowest BCUT2D eigenvalue weighted by molar-refractivity contribution is -0.119. The van der Waals surface area contributed by atoms with Gasteiger partial charge in [-0.15, -0.1) is 0 Å². The molecular weight excluding hydrogens is 457 g/mol. The predicted octanol–water partition coefficient (Wildman–Crippen LogP) is 4.06. The van der Waals surface area contributed by atoms with Crippen molar-refractivity contribution in [1.29, 1.82) is 0 Å². The SMILES string of the molecule is CS(=O)(=O)N(CC(=O)NCc1ccc(CN2CCCCC2)cc1)c1ccc(Cl)c(Cl)c1. The van der Waals surface area contributed by atoms with Crippen molar-refractivity contribution in [2.75, 3.05) is 30.2 Å². The van der Waals surface area contributed by atoms with Gasteiger partial charge < -0.3 is 5.32 Å². The second-order valence-electron chi connectivity index (χ2n) is 7.80. The third-order valence-electron chi connectivity index (χ3n) is 5.25. The maximum Gasteiger partial charge on any atom is 0.241 e. The van der Waals surface area contributed by atoms with E-state index < -0.39 is 15.9 Å². The number of halogens is 2. The van der Waals surface area contributed by atoms with Crippen molar-refractivity contribution in [2.24, 2.45) is 0 Å². The maximum atomic E-state index is 12.4. The fourth-order valence-electron chi connectivity index (χ4n) is 3.57. The topological polar surface area (TPSA) is 69.7 Å². The van der Waals surface area contributed by atoms with Crippen molar-refractivity contribution in [2.45, 2.75) is 32.4 Å². The smallest absolute Gasteiger partial charge is 0.241 e. The molecule has 0 unspecified atom stereocenters. The van der Waals surface area contributed by atoms with Gasteiger partial charge in [0.05, 0.1) is 22.0 Å². The van der Waals surface area contributed by atoms with Gasteiger partial charge in [-0.3, -0.25) is 14.0 Å². The van der Waals surface area contributed by atoms with Crippen LogP contribution >= 0.6 is 23.2 Å². The zero-order valence-electron chi connectivity index (χ0n) is 17.5. The molecule has 0 saturated carbocycles. The Hall–Kier alpha value is -1.80. The summed E-state index contributed by atoms with van der Waals surface area (Å²) in [5, 5.41) is 3.32. The van der Waals surface area contributed by atoms with Crippen molar-refractivity contribution in [3.8, 4) is 0 Å². The summed E-state index contributed by atoms with van der Waals surface area (Å²) in [6.45, 7) is 3.21. The number of sulfonamides is 1.